The topological polar surface area (TPSA) is 29.3 Å². The van der Waals surface area contributed by atoms with E-state index in [1.165, 1.54) is 45.1 Å². The van der Waals surface area contributed by atoms with Gasteiger partial charge in [-0.05, 0) is 33.1 Å². The lowest BCUT2D eigenvalue weighted by Gasteiger charge is -2.40. The maximum Gasteiger partial charge on any atom is 0.00844 e. The van der Waals surface area contributed by atoms with Crippen molar-refractivity contribution in [3.63, 3.8) is 0 Å². The van der Waals surface area contributed by atoms with Crippen LogP contribution in [0.2, 0.25) is 0 Å². The van der Waals surface area contributed by atoms with Gasteiger partial charge in [-0.1, -0.05) is 26.2 Å². The molecule has 0 aromatic carbocycles. The van der Waals surface area contributed by atoms with Crippen molar-refractivity contribution >= 4 is 0 Å². The van der Waals surface area contributed by atoms with E-state index in [9.17, 15) is 0 Å². The molecule has 1 heterocycles. The number of nitrogens with zero attached hydrogens (tertiary/aromatic N) is 1. The van der Waals surface area contributed by atoms with Gasteiger partial charge < -0.3 is 5.73 Å². The molecule has 2 N–H and O–H groups in total. The summed E-state index contributed by atoms with van der Waals surface area (Å²) in [6, 6.07) is 1.88. The first kappa shape index (κ1) is 13.0. The van der Waals surface area contributed by atoms with Crippen molar-refractivity contribution in [1.29, 1.82) is 0 Å². The average molecular weight is 212 g/mol. The third-order valence-electron chi connectivity index (χ3n) is 3.76. The van der Waals surface area contributed by atoms with E-state index in [-0.39, 0.29) is 0 Å². The molecule has 1 fully saturated rings. The van der Waals surface area contributed by atoms with Gasteiger partial charge in [-0.25, -0.2) is 0 Å². The zero-order valence-corrected chi connectivity index (χ0v) is 10.7. The molecule has 1 saturated heterocycles. The van der Waals surface area contributed by atoms with E-state index in [0.29, 0.717) is 12.1 Å². The Morgan fingerprint density at radius 3 is 2.73 bits per heavy atom. The van der Waals surface area contributed by atoms with Gasteiger partial charge >= 0.3 is 0 Å². The fourth-order valence-electron chi connectivity index (χ4n) is 2.74. The van der Waals surface area contributed by atoms with Gasteiger partial charge in [0.25, 0.3) is 0 Å². The molecular formula is C13H28N2. The molecule has 0 aromatic rings. The van der Waals surface area contributed by atoms with Gasteiger partial charge in [0.15, 0.2) is 0 Å². The van der Waals surface area contributed by atoms with E-state index in [4.69, 9.17) is 5.73 Å². The highest BCUT2D eigenvalue weighted by atomic mass is 15.2. The molecule has 0 spiro atoms. The molecular weight excluding hydrogens is 184 g/mol. The number of rotatable bonds is 5. The summed E-state index contributed by atoms with van der Waals surface area (Å²) in [6.45, 7) is 8.18. The van der Waals surface area contributed by atoms with Crippen LogP contribution in [-0.2, 0) is 0 Å². The minimum Gasteiger partial charge on any atom is -0.328 e. The van der Waals surface area contributed by atoms with Crippen molar-refractivity contribution in [2.45, 2.75) is 77.4 Å². The highest BCUT2D eigenvalue weighted by molar-refractivity contribution is 4.83. The molecule has 0 radical (unpaired) electrons. The highest BCUT2D eigenvalue weighted by Gasteiger charge is 2.26. The van der Waals surface area contributed by atoms with E-state index in [0.717, 1.165) is 6.04 Å². The van der Waals surface area contributed by atoms with Gasteiger partial charge in [-0.3, -0.25) is 4.90 Å². The molecule has 15 heavy (non-hydrogen) atoms. The molecule has 90 valence electrons. The molecule has 3 atom stereocenters. The Kier molecular flexibility index (Phi) is 5.62. The Morgan fingerprint density at radius 2 is 2.13 bits per heavy atom. The standard InChI is InChI=1S/C13H28N2/c1-4-5-6-7-11(2)15-9-8-13(14)10-12(15)3/h11-13H,4-10,14H2,1-3H3. The van der Waals surface area contributed by atoms with Crippen LogP contribution in [0.25, 0.3) is 0 Å². The van der Waals surface area contributed by atoms with Crippen LogP contribution in [0, 0.1) is 0 Å². The SMILES string of the molecule is CCCCCC(C)N1CCC(N)CC1C. The van der Waals surface area contributed by atoms with E-state index in [2.05, 4.69) is 25.7 Å². The molecule has 0 saturated carbocycles. The second kappa shape index (κ2) is 6.49. The molecule has 0 aromatic heterocycles. The lowest BCUT2D eigenvalue weighted by atomic mass is 9.96. The quantitative estimate of drug-likeness (QED) is 0.710. The molecule has 0 amide bonds. The second-order valence-electron chi connectivity index (χ2n) is 5.22. The number of nitrogens with two attached hydrogens (primary N) is 1. The average Bonchev–Trinajstić information content (AvgIpc) is 2.17. The Balaban J connectivity index is 2.28. The van der Waals surface area contributed by atoms with Crippen molar-refractivity contribution in [3.05, 3.63) is 0 Å². The molecule has 1 aliphatic rings. The molecule has 1 aliphatic heterocycles. The van der Waals surface area contributed by atoms with E-state index in [1.807, 2.05) is 0 Å². The zero-order valence-electron chi connectivity index (χ0n) is 10.7. The maximum atomic E-state index is 5.98. The summed E-state index contributed by atoms with van der Waals surface area (Å²) >= 11 is 0. The van der Waals surface area contributed by atoms with Gasteiger partial charge in [0, 0.05) is 24.7 Å². The second-order valence-corrected chi connectivity index (χ2v) is 5.22. The van der Waals surface area contributed by atoms with Crippen molar-refractivity contribution in [2.24, 2.45) is 5.73 Å². The summed E-state index contributed by atoms with van der Waals surface area (Å²) < 4.78 is 0. The summed E-state index contributed by atoms with van der Waals surface area (Å²) in [6.07, 6.45) is 7.81. The predicted molar refractivity (Wildman–Crippen MR) is 67.0 cm³/mol. The number of piperidine rings is 1. The highest BCUT2D eigenvalue weighted by Crippen LogP contribution is 2.21. The minimum absolute atomic E-state index is 0.444. The van der Waals surface area contributed by atoms with Crippen LogP contribution in [0.1, 0.15) is 59.3 Å². The number of hydrogen-bond acceptors (Lipinski definition) is 2. The number of likely N-dealkylation sites (tertiary alicyclic amines) is 1. The van der Waals surface area contributed by atoms with Crippen molar-refractivity contribution in [2.75, 3.05) is 6.54 Å². The third kappa shape index (κ3) is 4.12. The molecule has 1 rings (SSSR count). The van der Waals surface area contributed by atoms with Crippen LogP contribution in [0.3, 0.4) is 0 Å². The fraction of sp³-hybridized carbons (Fsp3) is 1.00. The Bertz CT molecular complexity index is 170. The van der Waals surface area contributed by atoms with E-state index in [1.54, 1.807) is 0 Å². The fourth-order valence-corrected chi connectivity index (χ4v) is 2.74. The van der Waals surface area contributed by atoms with Crippen molar-refractivity contribution < 1.29 is 0 Å². The molecule has 2 heteroatoms. The van der Waals surface area contributed by atoms with Crippen molar-refractivity contribution in [3.8, 4) is 0 Å². The van der Waals surface area contributed by atoms with Crippen LogP contribution in [-0.4, -0.2) is 29.6 Å². The summed E-state index contributed by atoms with van der Waals surface area (Å²) in [7, 11) is 0. The Labute approximate surface area is 95.2 Å². The van der Waals surface area contributed by atoms with Gasteiger partial charge in [0.1, 0.15) is 0 Å². The predicted octanol–water partition coefficient (Wildman–Crippen LogP) is 2.77. The first-order valence-corrected chi connectivity index (χ1v) is 6.66. The summed E-state index contributed by atoms with van der Waals surface area (Å²) in [5, 5.41) is 0. The molecule has 2 nitrogen and oxygen atoms in total. The van der Waals surface area contributed by atoms with Crippen LogP contribution in [0.4, 0.5) is 0 Å². The lowest BCUT2D eigenvalue weighted by Crippen LogP contribution is -2.49. The zero-order chi connectivity index (χ0) is 11.3. The van der Waals surface area contributed by atoms with Gasteiger partial charge in [0.2, 0.25) is 0 Å². The molecule has 3 unspecified atom stereocenters. The van der Waals surface area contributed by atoms with Crippen LogP contribution >= 0.6 is 0 Å². The first-order chi connectivity index (χ1) is 7.15. The monoisotopic (exact) mass is 212 g/mol. The van der Waals surface area contributed by atoms with E-state index >= 15 is 0 Å². The molecule has 0 aliphatic carbocycles. The number of hydrogen-bond donors (Lipinski definition) is 1. The largest absolute Gasteiger partial charge is 0.328 e. The van der Waals surface area contributed by atoms with Gasteiger partial charge in [0.05, 0.1) is 0 Å². The minimum atomic E-state index is 0.444. The Morgan fingerprint density at radius 1 is 1.40 bits per heavy atom. The van der Waals surface area contributed by atoms with Crippen molar-refractivity contribution in [1.82, 2.24) is 4.90 Å². The smallest absolute Gasteiger partial charge is 0.00844 e. The van der Waals surface area contributed by atoms with Crippen LogP contribution in [0.15, 0.2) is 0 Å². The first-order valence-electron chi connectivity index (χ1n) is 6.66. The lowest BCUT2D eigenvalue weighted by molar-refractivity contribution is 0.0981. The van der Waals surface area contributed by atoms with E-state index < -0.39 is 0 Å². The summed E-state index contributed by atoms with van der Waals surface area (Å²) in [5.74, 6) is 0. The third-order valence-corrected chi connectivity index (χ3v) is 3.76. The normalized spacial score (nSPS) is 30.4. The molecule has 0 bridgehead atoms. The van der Waals surface area contributed by atoms with Crippen LogP contribution < -0.4 is 5.73 Å². The summed E-state index contributed by atoms with van der Waals surface area (Å²) in [5.41, 5.74) is 5.98. The number of unbranched alkanes of at least 4 members (excludes halogenated alkanes) is 2. The van der Waals surface area contributed by atoms with Gasteiger partial charge in [-0.15, -0.1) is 0 Å². The summed E-state index contributed by atoms with van der Waals surface area (Å²) in [4.78, 5) is 2.65. The van der Waals surface area contributed by atoms with Gasteiger partial charge in [-0.2, -0.15) is 0 Å². The Hall–Kier alpha value is -0.0800. The maximum absolute atomic E-state index is 5.98. The van der Waals surface area contributed by atoms with Crippen LogP contribution in [0.5, 0.6) is 0 Å².